The van der Waals surface area contributed by atoms with E-state index in [1.54, 1.807) is 45.0 Å². The highest BCUT2D eigenvalue weighted by Crippen LogP contribution is 2.28. The molecule has 0 saturated carbocycles. The highest BCUT2D eigenvalue weighted by atomic mass is 16.5. The predicted octanol–water partition coefficient (Wildman–Crippen LogP) is 5.02. The fraction of sp³-hybridized carbons (Fsp3) is 0.292. The van der Waals surface area contributed by atoms with E-state index >= 15 is 0 Å². The summed E-state index contributed by atoms with van der Waals surface area (Å²) >= 11 is 0. The third-order valence-corrected chi connectivity index (χ3v) is 4.42. The van der Waals surface area contributed by atoms with Crippen LogP contribution >= 0.6 is 0 Å². The van der Waals surface area contributed by atoms with Crippen LogP contribution in [0.4, 0.5) is 0 Å². The van der Waals surface area contributed by atoms with E-state index in [1.807, 2.05) is 6.92 Å². The van der Waals surface area contributed by atoms with E-state index in [1.165, 1.54) is 18.2 Å². The minimum atomic E-state index is -0.413. The molecule has 0 atom stereocenters. The molecule has 1 heterocycles. The van der Waals surface area contributed by atoms with Crippen molar-refractivity contribution in [1.82, 2.24) is 0 Å². The van der Waals surface area contributed by atoms with E-state index in [4.69, 9.17) is 18.6 Å². The van der Waals surface area contributed by atoms with Crippen molar-refractivity contribution >= 4 is 22.9 Å². The van der Waals surface area contributed by atoms with Crippen LogP contribution in [-0.2, 0) is 9.53 Å². The Labute approximate surface area is 179 Å². The Morgan fingerprint density at radius 2 is 1.71 bits per heavy atom. The Balaban J connectivity index is 1.85. The summed E-state index contributed by atoms with van der Waals surface area (Å²) in [4.78, 5) is 36.6. The first-order chi connectivity index (χ1) is 14.8. The van der Waals surface area contributed by atoms with E-state index in [0.717, 1.165) is 6.42 Å². The van der Waals surface area contributed by atoms with Crippen LogP contribution in [0, 0.1) is 12.8 Å². The number of benzene rings is 2. The molecule has 0 aliphatic heterocycles. The van der Waals surface area contributed by atoms with Gasteiger partial charge >= 0.3 is 11.9 Å². The SMILES string of the molecule is CCCOC(=O)c1ccc(Oc2c(C)oc3cc(OC(=O)C(C)C)ccc3c2=O)cc1. The number of carbonyl (C=O) groups is 2. The van der Waals surface area contributed by atoms with Crippen LogP contribution in [0.25, 0.3) is 11.0 Å². The molecule has 7 heteroatoms. The van der Waals surface area contributed by atoms with Gasteiger partial charge in [0.25, 0.3) is 0 Å². The van der Waals surface area contributed by atoms with Crippen LogP contribution in [0.5, 0.6) is 17.2 Å². The molecule has 0 unspecified atom stereocenters. The number of hydrogen-bond acceptors (Lipinski definition) is 7. The van der Waals surface area contributed by atoms with Crippen LogP contribution in [0.15, 0.2) is 51.7 Å². The van der Waals surface area contributed by atoms with Crippen molar-refractivity contribution < 1.29 is 28.2 Å². The average molecular weight is 424 g/mol. The summed E-state index contributed by atoms with van der Waals surface area (Å²) in [6.45, 7) is 7.35. The molecular weight excluding hydrogens is 400 g/mol. The lowest BCUT2D eigenvalue weighted by molar-refractivity contribution is -0.137. The number of esters is 2. The van der Waals surface area contributed by atoms with E-state index in [-0.39, 0.29) is 34.4 Å². The molecule has 0 aliphatic rings. The lowest BCUT2D eigenvalue weighted by Gasteiger charge is -2.11. The van der Waals surface area contributed by atoms with Gasteiger partial charge in [0.05, 0.1) is 23.5 Å². The van der Waals surface area contributed by atoms with Crippen LogP contribution in [0.2, 0.25) is 0 Å². The standard InChI is InChI=1S/C24H24O7/c1-5-12-28-24(27)16-6-8-17(9-7-16)30-22-15(4)29-20-13-18(31-23(26)14(2)3)10-11-19(20)21(22)25/h6-11,13-14H,5,12H2,1-4H3. The van der Waals surface area contributed by atoms with E-state index < -0.39 is 5.97 Å². The highest BCUT2D eigenvalue weighted by molar-refractivity contribution is 5.89. The monoisotopic (exact) mass is 424 g/mol. The normalized spacial score (nSPS) is 10.9. The Bertz CT molecular complexity index is 1160. The Morgan fingerprint density at radius 3 is 2.35 bits per heavy atom. The van der Waals surface area contributed by atoms with Crippen LogP contribution in [-0.4, -0.2) is 18.5 Å². The van der Waals surface area contributed by atoms with Gasteiger partial charge in [0.2, 0.25) is 11.2 Å². The molecule has 7 nitrogen and oxygen atoms in total. The number of fused-ring (bicyclic) bond motifs is 1. The maximum Gasteiger partial charge on any atom is 0.338 e. The third-order valence-electron chi connectivity index (χ3n) is 4.42. The van der Waals surface area contributed by atoms with Gasteiger partial charge in [0.1, 0.15) is 22.8 Å². The Hall–Kier alpha value is -3.61. The summed E-state index contributed by atoms with van der Waals surface area (Å²) in [7, 11) is 0. The first kappa shape index (κ1) is 22.1. The zero-order valence-electron chi connectivity index (χ0n) is 17.9. The van der Waals surface area contributed by atoms with Gasteiger partial charge in [-0.25, -0.2) is 4.79 Å². The summed E-state index contributed by atoms with van der Waals surface area (Å²) in [6, 6.07) is 10.9. The highest BCUT2D eigenvalue weighted by Gasteiger charge is 2.16. The Morgan fingerprint density at radius 1 is 1.03 bits per heavy atom. The van der Waals surface area contributed by atoms with Gasteiger partial charge in [-0.05, 0) is 49.7 Å². The fourth-order valence-electron chi connectivity index (χ4n) is 2.74. The predicted molar refractivity (Wildman–Crippen MR) is 115 cm³/mol. The summed E-state index contributed by atoms with van der Waals surface area (Å²) < 4.78 is 21.9. The topological polar surface area (TPSA) is 92.0 Å². The molecule has 162 valence electrons. The number of rotatable bonds is 7. The average Bonchev–Trinajstić information content (AvgIpc) is 2.75. The third kappa shape index (κ3) is 5.12. The summed E-state index contributed by atoms with van der Waals surface area (Å²) in [6.07, 6.45) is 0.742. The second-order valence-electron chi connectivity index (χ2n) is 7.31. The van der Waals surface area contributed by atoms with Gasteiger partial charge in [0, 0.05) is 6.07 Å². The Kier molecular flexibility index (Phi) is 6.74. The van der Waals surface area contributed by atoms with E-state index in [0.29, 0.717) is 29.1 Å². The van der Waals surface area contributed by atoms with Gasteiger partial charge < -0.3 is 18.6 Å². The second kappa shape index (κ2) is 9.47. The molecule has 0 fully saturated rings. The molecule has 0 amide bonds. The van der Waals surface area contributed by atoms with Crippen molar-refractivity contribution in [3.63, 3.8) is 0 Å². The number of ether oxygens (including phenoxy) is 3. The van der Waals surface area contributed by atoms with Gasteiger partial charge in [-0.2, -0.15) is 0 Å². The van der Waals surface area contributed by atoms with Crippen molar-refractivity contribution in [2.45, 2.75) is 34.1 Å². The van der Waals surface area contributed by atoms with Crippen molar-refractivity contribution in [2.24, 2.45) is 5.92 Å². The first-order valence-corrected chi connectivity index (χ1v) is 10.0. The number of aryl methyl sites for hydroxylation is 1. The minimum absolute atomic E-state index is 0.0423. The van der Waals surface area contributed by atoms with Crippen LogP contribution < -0.4 is 14.9 Å². The number of hydrogen-bond donors (Lipinski definition) is 0. The zero-order valence-corrected chi connectivity index (χ0v) is 17.9. The smallest absolute Gasteiger partial charge is 0.338 e. The minimum Gasteiger partial charge on any atom is -0.462 e. The van der Waals surface area contributed by atoms with Crippen LogP contribution in [0.1, 0.15) is 43.3 Å². The first-order valence-electron chi connectivity index (χ1n) is 10.0. The quantitative estimate of drug-likeness (QED) is 0.388. The molecule has 0 radical (unpaired) electrons. The van der Waals surface area contributed by atoms with E-state index in [2.05, 4.69) is 0 Å². The molecule has 3 aromatic rings. The van der Waals surface area contributed by atoms with Crippen LogP contribution in [0.3, 0.4) is 0 Å². The molecule has 31 heavy (non-hydrogen) atoms. The molecule has 2 aromatic carbocycles. The second-order valence-corrected chi connectivity index (χ2v) is 7.31. The zero-order chi connectivity index (χ0) is 22.5. The molecular formula is C24H24O7. The van der Waals surface area contributed by atoms with Crippen molar-refractivity contribution in [3.05, 3.63) is 64.0 Å². The summed E-state index contributed by atoms with van der Waals surface area (Å²) in [5.74, 6) is -0.0708. The van der Waals surface area contributed by atoms with Gasteiger partial charge in [-0.15, -0.1) is 0 Å². The van der Waals surface area contributed by atoms with Gasteiger partial charge in [0.15, 0.2) is 0 Å². The summed E-state index contributed by atoms with van der Waals surface area (Å²) in [5.41, 5.74) is 0.330. The molecule has 1 aromatic heterocycles. The lowest BCUT2D eigenvalue weighted by Crippen LogP contribution is -2.15. The summed E-state index contributed by atoms with van der Waals surface area (Å²) in [5, 5.41) is 0.296. The fourth-order valence-corrected chi connectivity index (χ4v) is 2.74. The number of carbonyl (C=O) groups excluding carboxylic acids is 2. The van der Waals surface area contributed by atoms with Gasteiger partial charge in [-0.1, -0.05) is 20.8 Å². The lowest BCUT2D eigenvalue weighted by atomic mass is 10.2. The molecule has 0 aliphatic carbocycles. The van der Waals surface area contributed by atoms with Gasteiger partial charge in [-0.3, -0.25) is 9.59 Å². The van der Waals surface area contributed by atoms with Crippen molar-refractivity contribution in [3.8, 4) is 17.2 Å². The maximum absolute atomic E-state index is 12.9. The maximum atomic E-state index is 12.9. The molecule has 0 N–H and O–H groups in total. The van der Waals surface area contributed by atoms with E-state index in [9.17, 15) is 14.4 Å². The largest absolute Gasteiger partial charge is 0.462 e. The molecule has 0 bridgehead atoms. The van der Waals surface area contributed by atoms with Crippen molar-refractivity contribution in [1.29, 1.82) is 0 Å². The molecule has 0 saturated heterocycles. The van der Waals surface area contributed by atoms with Crippen molar-refractivity contribution in [2.75, 3.05) is 6.61 Å². The molecule has 0 spiro atoms. The molecule has 3 rings (SSSR count).